The monoisotopic (exact) mass is 228 g/mol. The number of para-hydroxylation sites is 1. The average Bonchev–Trinajstić information content (AvgIpc) is 2.40. The second kappa shape index (κ2) is 5.12. The molecule has 0 spiro atoms. The summed E-state index contributed by atoms with van der Waals surface area (Å²) >= 11 is 0. The number of amides is 1. The van der Waals surface area contributed by atoms with Crippen LogP contribution in [-0.2, 0) is 0 Å². The Kier molecular flexibility index (Phi) is 3.35. The Morgan fingerprint density at radius 3 is 2.65 bits per heavy atom. The van der Waals surface area contributed by atoms with E-state index in [4.69, 9.17) is 4.74 Å². The van der Waals surface area contributed by atoms with Gasteiger partial charge in [0, 0.05) is 11.9 Å². The zero-order chi connectivity index (χ0) is 12.1. The maximum atomic E-state index is 12.0. The second-order valence-electron chi connectivity index (χ2n) is 3.38. The lowest BCUT2D eigenvalue weighted by Gasteiger charge is -2.07. The van der Waals surface area contributed by atoms with E-state index in [1.54, 1.807) is 18.3 Å². The maximum absolute atomic E-state index is 12.0. The van der Waals surface area contributed by atoms with E-state index in [9.17, 15) is 4.79 Å². The van der Waals surface area contributed by atoms with E-state index >= 15 is 0 Å². The van der Waals surface area contributed by atoms with Crippen LogP contribution in [0.25, 0.3) is 0 Å². The van der Waals surface area contributed by atoms with E-state index in [0.717, 1.165) is 5.69 Å². The van der Waals surface area contributed by atoms with Crippen molar-refractivity contribution in [1.82, 2.24) is 4.98 Å². The van der Waals surface area contributed by atoms with Crippen molar-refractivity contribution in [2.24, 2.45) is 0 Å². The first-order valence-electron chi connectivity index (χ1n) is 5.16. The Bertz CT molecular complexity index is 512. The van der Waals surface area contributed by atoms with Crippen molar-refractivity contribution >= 4 is 11.6 Å². The molecule has 2 aromatic rings. The van der Waals surface area contributed by atoms with Crippen molar-refractivity contribution in [1.29, 1.82) is 0 Å². The number of rotatable bonds is 3. The SMILES string of the molecule is COc1ncccc1C(=O)Nc1ccccc1. The van der Waals surface area contributed by atoms with Crippen LogP contribution in [0.2, 0.25) is 0 Å². The first-order valence-corrected chi connectivity index (χ1v) is 5.16. The van der Waals surface area contributed by atoms with Crippen LogP contribution in [0.3, 0.4) is 0 Å². The van der Waals surface area contributed by atoms with Gasteiger partial charge in [-0.15, -0.1) is 0 Å². The second-order valence-corrected chi connectivity index (χ2v) is 3.38. The van der Waals surface area contributed by atoms with Crippen LogP contribution in [-0.4, -0.2) is 18.0 Å². The van der Waals surface area contributed by atoms with Gasteiger partial charge in [-0.2, -0.15) is 0 Å². The van der Waals surface area contributed by atoms with Gasteiger partial charge < -0.3 is 10.1 Å². The number of ether oxygens (including phenoxy) is 1. The molecule has 0 saturated heterocycles. The first-order chi connectivity index (χ1) is 8.31. The number of nitrogens with zero attached hydrogens (tertiary/aromatic N) is 1. The molecular weight excluding hydrogens is 216 g/mol. The smallest absolute Gasteiger partial charge is 0.261 e. The summed E-state index contributed by atoms with van der Waals surface area (Å²) in [6.07, 6.45) is 1.58. The molecule has 4 nitrogen and oxygen atoms in total. The fourth-order valence-corrected chi connectivity index (χ4v) is 1.45. The molecule has 1 amide bonds. The van der Waals surface area contributed by atoms with E-state index in [0.29, 0.717) is 11.4 Å². The van der Waals surface area contributed by atoms with Crippen LogP contribution < -0.4 is 10.1 Å². The fraction of sp³-hybridized carbons (Fsp3) is 0.0769. The highest BCUT2D eigenvalue weighted by atomic mass is 16.5. The minimum Gasteiger partial charge on any atom is -0.480 e. The van der Waals surface area contributed by atoms with Crippen LogP contribution in [0, 0.1) is 0 Å². The number of benzene rings is 1. The van der Waals surface area contributed by atoms with Crippen LogP contribution in [0.4, 0.5) is 5.69 Å². The predicted molar refractivity (Wildman–Crippen MR) is 65.2 cm³/mol. The topological polar surface area (TPSA) is 51.2 Å². The molecule has 1 aromatic heterocycles. The average molecular weight is 228 g/mol. The van der Waals surface area contributed by atoms with Gasteiger partial charge in [-0.3, -0.25) is 4.79 Å². The lowest BCUT2D eigenvalue weighted by Crippen LogP contribution is -2.13. The number of pyridine rings is 1. The molecule has 0 unspecified atom stereocenters. The van der Waals surface area contributed by atoms with E-state index in [1.807, 2.05) is 30.3 Å². The van der Waals surface area contributed by atoms with Crippen molar-refractivity contribution in [3.8, 4) is 5.88 Å². The van der Waals surface area contributed by atoms with Crippen LogP contribution >= 0.6 is 0 Å². The number of anilines is 1. The van der Waals surface area contributed by atoms with Crippen molar-refractivity contribution in [3.63, 3.8) is 0 Å². The zero-order valence-electron chi connectivity index (χ0n) is 9.38. The zero-order valence-corrected chi connectivity index (χ0v) is 9.38. The third kappa shape index (κ3) is 2.60. The normalized spacial score (nSPS) is 9.71. The van der Waals surface area contributed by atoms with Gasteiger partial charge in [-0.1, -0.05) is 18.2 Å². The summed E-state index contributed by atoms with van der Waals surface area (Å²) in [4.78, 5) is 15.9. The van der Waals surface area contributed by atoms with Crippen molar-refractivity contribution in [2.75, 3.05) is 12.4 Å². The first kappa shape index (κ1) is 11.1. The molecule has 0 aliphatic heterocycles. The number of carbonyl (C=O) groups is 1. The van der Waals surface area contributed by atoms with Gasteiger partial charge in [-0.05, 0) is 24.3 Å². The molecule has 0 aliphatic rings. The summed E-state index contributed by atoms with van der Waals surface area (Å²) < 4.78 is 5.03. The number of nitrogens with one attached hydrogen (secondary N) is 1. The molecule has 0 fully saturated rings. The Morgan fingerprint density at radius 2 is 1.94 bits per heavy atom. The molecular formula is C13H12N2O2. The van der Waals surface area contributed by atoms with E-state index in [1.165, 1.54) is 7.11 Å². The van der Waals surface area contributed by atoms with Crippen molar-refractivity contribution < 1.29 is 9.53 Å². The minimum atomic E-state index is -0.235. The van der Waals surface area contributed by atoms with Gasteiger partial charge in [0.2, 0.25) is 5.88 Å². The Balaban J connectivity index is 2.20. The highest BCUT2D eigenvalue weighted by Gasteiger charge is 2.12. The van der Waals surface area contributed by atoms with E-state index < -0.39 is 0 Å². The molecule has 86 valence electrons. The summed E-state index contributed by atoms with van der Waals surface area (Å²) in [7, 11) is 1.49. The highest BCUT2D eigenvalue weighted by molar-refractivity contribution is 6.05. The van der Waals surface area contributed by atoms with Crippen LogP contribution in [0.15, 0.2) is 48.7 Å². The molecule has 0 atom stereocenters. The molecule has 17 heavy (non-hydrogen) atoms. The van der Waals surface area contributed by atoms with Gasteiger partial charge in [0.15, 0.2) is 0 Å². The lowest BCUT2D eigenvalue weighted by atomic mass is 10.2. The fourth-order valence-electron chi connectivity index (χ4n) is 1.45. The van der Waals surface area contributed by atoms with E-state index in [-0.39, 0.29) is 5.91 Å². The predicted octanol–water partition coefficient (Wildman–Crippen LogP) is 2.34. The molecule has 4 heteroatoms. The Morgan fingerprint density at radius 1 is 1.18 bits per heavy atom. The van der Waals surface area contributed by atoms with Crippen LogP contribution in [0.1, 0.15) is 10.4 Å². The Hall–Kier alpha value is -2.36. The number of hydrogen-bond donors (Lipinski definition) is 1. The quantitative estimate of drug-likeness (QED) is 0.877. The van der Waals surface area contributed by atoms with Gasteiger partial charge in [0.05, 0.1) is 7.11 Å². The summed E-state index contributed by atoms with van der Waals surface area (Å²) in [6, 6.07) is 12.6. The maximum Gasteiger partial charge on any atom is 0.261 e. The van der Waals surface area contributed by atoms with Crippen molar-refractivity contribution in [3.05, 3.63) is 54.2 Å². The molecule has 0 saturated carbocycles. The van der Waals surface area contributed by atoms with Gasteiger partial charge >= 0.3 is 0 Å². The van der Waals surface area contributed by atoms with Gasteiger partial charge in [-0.25, -0.2) is 4.98 Å². The number of hydrogen-bond acceptors (Lipinski definition) is 3. The van der Waals surface area contributed by atoms with Gasteiger partial charge in [0.25, 0.3) is 5.91 Å². The minimum absolute atomic E-state index is 0.235. The standard InChI is InChI=1S/C13H12N2O2/c1-17-13-11(8-5-9-14-13)12(16)15-10-6-3-2-4-7-10/h2-9H,1H3,(H,15,16). The third-order valence-corrected chi connectivity index (χ3v) is 2.24. The highest BCUT2D eigenvalue weighted by Crippen LogP contribution is 2.15. The summed E-state index contributed by atoms with van der Waals surface area (Å²) in [5.41, 5.74) is 1.15. The molecule has 0 radical (unpaired) electrons. The lowest BCUT2D eigenvalue weighted by molar-refractivity contribution is 0.102. The molecule has 1 N–H and O–H groups in total. The van der Waals surface area contributed by atoms with Crippen LogP contribution in [0.5, 0.6) is 5.88 Å². The molecule has 0 aliphatic carbocycles. The van der Waals surface area contributed by atoms with Crippen molar-refractivity contribution in [2.45, 2.75) is 0 Å². The summed E-state index contributed by atoms with van der Waals surface area (Å²) in [5.74, 6) is 0.0853. The molecule has 0 bridgehead atoms. The molecule has 1 heterocycles. The molecule has 2 rings (SSSR count). The third-order valence-electron chi connectivity index (χ3n) is 2.24. The summed E-state index contributed by atoms with van der Waals surface area (Å²) in [5, 5.41) is 2.77. The summed E-state index contributed by atoms with van der Waals surface area (Å²) in [6.45, 7) is 0. The molecule has 1 aromatic carbocycles. The number of carbonyl (C=O) groups excluding carboxylic acids is 1. The number of methoxy groups -OCH3 is 1. The Labute approximate surface area is 99.3 Å². The number of aromatic nitrogens is 1. The largest absolute Gasteiger partial charge is 0.480 e. The van der Waals surface area contributed by atoms with E-state index in [2.05, 4.69) is 10.3 Å². The van der Waals surface area contributed by atoms with Gasteiger partial charge in [0.1, 0.15) is 5.56 Å².